The van der Waals surface area contributed by atoms with Crippen LogP contribution in [0.3, 0.4) is 0 Å². The monoisotopic (exact) mass is 419 g/mol. The van der Waals surface area contributed by atoms with Crippen molar-refractivity contribution in [2.24, 2.45) is 0 Å². The van der Waals surface area contributed by atoms with Gasteiger partial charge in [0.25, 0.3) is 5.91 Å². The fourth-order valence-electron chi connectivity index (χ4n) is 3.96. The van der Waals surface area contributed by atoms with Gasteiger partial charge in [-0.2, -0.15) is 5.10 Å². The summed E-state index contributed by atoms with van der Waals surface area (Å²) in [5.74, 6) is 0.217. The van der Waals surface area contributed by atoms with Gasteiger partial charge in [0.1, 0.15) is 11.8 Å². The summed E-state index contributed by atoms with van der Waals surface area (Å²) < 4.78 is 5.34. The quantitative estimate of drug-likeness (QED) is 0.704. The number of amides is 2. The molecule has 2 aliphatic rings. The number of hydrogen-bond donors (Lipinski definition) is 3. The Bertz CT molecular complexity index is 914. The molecule has 2 aromatic rings. The van der Waals surface area contributed by atoms with Gasteiger partial charge < -0.3 is 20.3 Å². The van der Waals surface area contributed by atoms with E-state index in [0.29, 0.717) is 36.6 Å². The number of carbonyl (C=O) groups is 2. The summed E-state index contributed by atoms with van der Waals surface area (Å²) in [4.78, 5) is 27.7. The number of benzene rings is 1. The molecule has 156 valence electrons. The van der Waals surface area contributed by atoms with Crippen molar-refractivity contribution in [2.75, 3.05) is 25.5 Å². The van der Waals surface area contributed by atoms with Crippen molar-refractivity contribution < 1.29 is 14.3 Å². The van der Waals surface area contributed by atoms with Gasteiger partial charge in [-0.3, -0.25) is 14.7 Å². The van der Waals surface area contributed by atoms with Crippen LogP contribution in [-0.4, -0.2) is 53.2 Å². The molecule has 29 heavy (non-hydrogen) atoms. The normalized spacial score (nSPS) is 18.0. The van der Waals surface area contributed by atoms with Gasteiger partial charge in [-0.05, 0) is 37.5 Å². The van der Waals surface area contributed by atoms with Gasteiger partial charge in [0.15, 0.2) is 5.69 Å². The lowest BCUT2D eigenvalue weighted by atomic mass is 10.1. The second-order valence-corrected chi connectivity index (χ2v) is 7.31. The number of carbonyl (C=O) groups excluding carboxylic acids is 2. The summed E-state index contributed by atoms with van der Waals surface area (Å²) in [6.45, 7) is 4.00. The Morgan fingerprint density at radius 2 is 2.17 bits per heavy atom. The summed E-state index contributed by atoms with van der Waals surface area (Å²) in [7, 11) is 1.57. The van der Waals surface area contributed by atoms with Crippen molar-refractivity contribution in [1.29, 1.82) is 0 Å². The van der Waals surface area contributed by atoms with Crippen LogP contribution in [0.15, 0.2) is 18.2 Å². The SMILES string of the molecule is COc1ccc(C)cc1NC(=O)C1CCCN1C(=O)c1n[nH]c2c1CNCC2.Cl. The average molecular weight is 420 g/mol. The highest BCUT2D eigenvalue weighted by atomic mass is 35.5. The van der Waals surface area contributed by atoms with Crippen LogP contribution in [0.4, 0.5) is 5.69 Å². The molecular formula is C20H26ClN5O3. The van der Waals surface area contributed by atoms with Crippen molar-refractivity contribution in [1.82, 2.24) is 20.4 Å². The van der Waals surface area contributed by atoms with Gasteiger partial charge in [-0.15, -0.1) is 12.4 Å². The third-order valence-electron chi connectivity index (χ3n) is 5.44. The van der Waals surface area contributed by atoms with Gasteiger partial charge in [-0.1, -0.05) is 6.07 Å². The lowest BCUT2D eigenvalue weighted by Crippen LogP contribution is -2.43. The lowest BCUT2D eigenvalue weighted by molar-refractivity contribution is -0.119. The Hall–Kier alpha value is -2.58. The van der Waals surface area contributed by atoms with Gasteiger partial charge in [0.05, 0.1) is 12.8 Å². The van der Waals surface area contributed by atoms with Crippen LogP contribution in [-0.2, 0) is 17.8 Å². The molecule has 0 spiro atoms. The van der Waals surface area contributed by atoms with Gasteiger partial charge in [0.2, 0.25) is 5.91 Å². The third kappa shape index (κ3) is 4.09. The van der Waals surface area contributed by atoms with Crippen LogP contribution in [0.1, 0.15) is 40.2 Å². The van der Waals surface area contributed by atoms with Gasteiger partial charge in [0, 0.05) is 37.3 Å². The van der Waals surface area contributed by atoms with E-state index in [2.05, 4.69) is 20.8 Å². The molecule has 1 unspecified atom stereocenters. The number of aromatic nitrogens is 2. The molecular weight excluding hydrogens is 394 g/mol. The first-order valence-electron chi connectivity index (χ1n) is 9.62. The molecule has 4 rings (SSSR count). The van der Waals surface area contributed by atoms with Crippen LogP contribution in [0.5, 0.6) is 5.75 Å². The van der Waals surface area contributed by atoms with E-state index in [1.54, 1.807) is 12.0 Å². The van der Waals surface area contributed by atoms with Crippen molar-refractivity contribution >= 4 is 29.9 Å². The highest BCUT2D eigenvalue weighted by molar-refractivity contribution is 6.02. The van der Waals surface area contributed by atoms with E-state index >= 15 is 0 Å². The average Bonchev–Trinajstić information content (AvgIpc) is 3.35. The Morgan fingerprint density at radius 3 is 2.97 bits per heavy atom. The Labute approximate surface area is 175 Å². The predicted molar refractivity (Wildman–Crippen MR) is 112 cm³/mol. The van der Waals surface area contributed by atoms with Crippen LogP contribution in [0, 0.1) is 6.92 Å². The van der Waals surface area contributed by atoms with Crippen molar-refractivity contribution in [3.63, 3.8) is 0 Å². The highest BCUT2D eigenvalue weighted by Gasteiger charge is 2.37. The fraction of sp³-hybridized carbons (Fsp3) is 0.450. The highest BCUT2D eigenvalue weighted by Crippen LogP contribution is 2.28. The van der Waals surface area contributed by atoms with E-state index in [9.17, 15) is 9.59 Å². The minimum atomic E-state index is -0.512. The number of aryl methyl sites for hydroxylation is 1. The summed E-state index contributed by atoms with van der Waals surface area (Å²) in [5.41, 5.74) is 3.99. The maximum absolute atomic E-state index is 13.1. The second-order valence-electron chi connectivity index (χ2n) is 7.31. The molecule has 2 aliphatic heterocycles. The van der Waals surface area contributed by atoms with E-state index in [-0.39, 0.29) is 24.2 Å². The van der Waals surface area contributed by atoms with E-state index in [0.717, 1.165) is 36.2 Å². The van der Waals surface area contributed by atoms with E-state index in [1.807, 2.05) is 25.1 Å². The molecule has 1 atom stereocenters. The first kappa shape index (κ1) is 21.1. The minimum Gasteiger partial charge on any atom is -0.495 e. The van der Waals surface area contributed by atoms with E-state index in [4.69, 9.17) is 4.74 Å². The molecule has 1 fully saturated rings. The Balaban J connectivity index is 0.00000240. The van der Waals surface area contributed by atoms with Crippen molar-refractivity contribution in [3.05, 3.63) is 40.7 Å². The van der Waals surface area contributed by atoms with Crippen LogP contribution < -0.4 is 15.4 Å². The lowest BCUT2D eigenvalue weighted by Gasteiger charge is -2.24. The molecule has 1 saturated heterocycles. The smallest absolute Gasteiger partial charge is 0.275 e. The maximum Gasteiger partial charge on any atom is 0.275 e. The summed E-state index contributed by atoms with van der Waals surface area (Å²) in [6.07, 6.45) is 2.25. The largest absolute Gasteiger partial charge is 0.495 e. The number of halogens is 1. The van der Waals surface area contributed by atoms with Gasteiger partial charge >= 0.3 is 0 Å². The van der Waals surface area contributed by atoms with E-state index < -0.39 is 6.04 Å². The third-order valence-corrected chi connectivity index (χ3v) is 5.44. The number of fused-ring (bicyclic) bond motifs is 1. The summed E-state index contributed by atoms with van der Waals surface area (Å²) in [6, 6.07) is 5.11. The molecule has 9 heteroatoms. The molecule has 0 radical (unpaired) electrons. The van der Waals surface area contributed by atoms with E-state index in [1.165, 1.54) is 0 Å². The van der Waals surface area contributed by atoms with Crippen LogP contribution in [0.2, 0.25) is 0 Å². The first-order chi connectivity index (χ1) is 13.6. The zero-order valence-electron chi connectivity index (χ0n) is 16.6. The molecule has 1 aromatic carbocycles. The number of ether oxygens (including phenoxy) is 1. The number of nitrogens with zero attached hydrogens (tertiary/aromatic N) is 2. The number of nitrogens with one attached hydrogen (secondary N) is 3. The minimum absolute atomic E-state index is 0. The zero-order valence-corrected chi connectivity index (χ0v) is 17.4. The van der Waals surface area contributed by atoms with Crippen molar-refractivity contribution in [2.45, 2.75) is 38.8 Å². The second kappa shape index (κ2) is 8.84. The van der Waals surface area contributed by atoms with Crippen LogP contribution in [0.25, 0.3) is 0 Å². The van der Waals surface area contributed by atoms with Crippen molar-refractivity contribution in [3.8, 4) is 5.75 Å². The van der Waals surface area contributed by atoms with Crippen LogP contribution >= 0.6 is 12.4 Å². The number of likely N-dealkylation sites (tertiary alicyclic amines) is 1. The molecule has 1 aromatic heterocycles. The number of hydrogen-bond acceptors (Lipinski definition) is 5. The predicted octanol–water partition coefficient (Wildman–Crippen LogP) is 2.04. The molecule has 8 nitrogen and oxygen atoms in total. The standard InChI is InChI=1S/C20H25N5O3.ClH/c1-12-5-6-17(28-2)15(10-12)22-19(26)16-4-3-9-25(16)20(27)18-13-11-21-8-7-14(13)23-24-18;/h5-6,10,16,21H,3-4,7-9,11H2,1-2H3,(H,22,26)(H,23,24);1H. The molecule has 0 aliphatic carbocycles. The Morgan fingerprint density at radius 1 is 1.34 bits per heavy atom. The first-order valence-corrected chi connectivity index (χ1v) is 9.62. The number of methoxy groups -OCH3 is 1. The number of H-pyrrole nitrogens is 1. The Kier molecular flexibility index (Phi) is 6.44. The number of aromatic amines is 1. The molecule has 2 amide bonds. The number of anilines is 1. The molecule has 0 saturated carbocycles. The summed E-state index contributed by atoms with van der Waals surface area (Å²) in [5, 5.41) is 13.4. The summed E-state index contributed by atoms with van der Waals surface area (Å²) >= 11 is 0. The molecule has 0 bridgehead atoms. The van der Waals surface area contributed by atoms with Gasteiger partial charge in [-0.25, -0.2) is 0 Å². The maximum atomic E-state index is 13.1. The fourth-order valence-corrected chi connectivity index (χ4v) is 3.96. The number of rotatable bonds is 4. The molecule has 3 N–H and O–H groups in total. The topological polar surface area (TPSA) is 99.3 Å². The molecule has 3 heterocycles. The zero-order chi connectivity index (χ0) is 19.7.